The Labute approximate surface area is 193 Å². The molecule has 1 amide bonds. The lowest BCUT2D eigenvalue weighted by molar-refractivity contribution is -0.133. The van der Waals surface area contributed by atoms with Crippen molar-refractivity contribution < 1.29 is 9.53 Å². The fourth-order valence-corrected chi connectivity index (χ4v) is 5.59. The number of carbonyl (C=O) groups is 1. The van der Waals surface area contributed by atoms with Crippen molar-refractivity contribution in [2.24, 2.45) is 5.92 Å². The molecule has 8 nitrogen and oxygen atoms in total. The van der Waals surface area contributed by atoms with Crippen molar-refractivity contribution in [3.05, 3.63) is 35.1 Å². The van der Waals surface area contributed by atoms with Crippen LogP contribution in [0.1, 0.15) is 16.9 Å². The summed E-state index contributed by atoms with van der Waals surface area (Å²) in [6.07, 6.45) is 5.76. The van der Waals surface area contributed by atoms with E-state index in [-0.39, 0.29) is 11.8 Å². The first-order chi connectivity index (χ1) is 15.5. The minimum absolute atomic E-state index is 0.0222. The van der Waals surface area contributed by atoms with Crippen molar-refractivity contribution in [1.29, 1.82) is 0 Å². The Hall–Kier alpha value is -2.91. The Morgan fingerprint density at radius 1 is 1.38 bits per heavy atom. The Morgan fingerprint density at radius 3 is 3.06 bits per heavy atom. The average molecular weight is 471 g/mol. The predicted molar refractivity (Wildman–Crippen MR) is 127 cm³/mol. The van der Waals surface area contributed by atoms with Gasteiger partial charge in [0.25, 0.3) is 0 Å². The van der Waals surface area contributed by atoms with Crippen molar-refractivity contribution in [2.75, 3.05) is 31.9 Å². The monoisotopic (exact) mass is 470 g/mol. The molecule has 1 atom stereocenters. The SMILES string of the molecule is CN(C)C(=O)C1CCc2c(sc3ncnc(Nc4cc5cn[nH]c5cc4OCCCl)c23)C1. The Morgan fingerprint density at radius 2 is 2.25 bits per heavy atom. The predicted octanol–water partition coefficient (Wildman–Crippen LogP) is 4.12. The van der Waals surface area contributed by atoms with Gasteiger partial charge in [0.15, 0.2) is 0 Å². The first-order valence-electron chi connectivity index (χ1n) is 10.4. The summed E-state index contributed by atoms with van der Waals surface area (Å²) in [6, 6.07) is 3.90. The van der Waals surface area contributed by atoms with Gasteiger partial charge in [-0.1, -0.05) is 0 Å². The number of amides is 1. The zero-order chi connectivity index (χ0) is 22.2. The molecule has 166 valence electrons. The van der Waals surface area contributed by atoms with Crippen molar-refractivity contribution in [3.63, 3.8) is 0 Å². The van der Waals surface area contributed by atoms with Crippen LogP contribution in [0.3, 0.4) is 0 Å². The van der Waals surface area contributed by atoms with Crippen LogP contribution in [0, 0.1) is 5.92 Å². The number of hydrogen-bond acceptors (Lipinski definition) is 7. The van der Waals surface area contributed by atoms with E-state index < -0.39 is 0 Å². The zero-order valence-corrected chi connectivity index (χ0v) is 19.4. The summed E-state index contributed by atoms with van der Waals surface area (Å²) >= 11 is 7.50. The fourth-order valence-electron chi connectivity index (χ4n) is 4.25. The number of nitrogens with one attached hydrogen (secondary N) is 2. The van der Waals surface area contributed by atoms with Gasteiger partial charge in [0.2, 0.25) is 5.91 Å². The lowest BCUT2D eigenvalue weighted by Crippen LogP contribution is -2.32. The summed E-state index contributed by atoms with van der Waals surface area (Å²) < 4.78 is 5.88. The lowest BCUT2D eigenvalue weighted by atomic mass is 9.87. The van der Waals surface area contributed by atoms with E-state index in [4.69, 9.17) is 16.3 Å². The Kier molecular flexibility index (Phi) is 5.60. The van der Waals surface area contributed by atoms with Gasteiger partial charge >= 0.3 is 0 Å². The summed E-state index contributed by atoms with van der Waals surface area (Å²) in [6.45, 7) is 0.393. The third-order valence-corrected chi connectivity index (χ3v) is 7.08. The molecule has 3 heterocycles. The van der Waals surface area contributed by atoms with Crippen LogP contribution in [0.15, 0.2) is 24.7 Å². The summed E-state index contributed by atoms with van der Waals surface area (Å²) in [5.41, 5.74) is 2.92. The molecule has 2 N–H and O–H groups in total. The first-order valence-corrected chi connectivity index (χ1v) is 11.8. The molecule has 1 unspecified atom stereocenters. The molecule has 3 aromatic heterocycles. The number of halogens is 1. The molecule has 0 aliphatic heterocycles. The molecule has 32 heavy (non-hydrogen) atoms. The van der Waals surface area contributed by atoms with Crippen molar-refractivity contribution in [2.45, 2.75) is 19.3 Å². The highest BCUT2D eigenvalue weighted by Gasteiger charge is 2.30. The number of H-pyrrole nitrogens is 1. The van der Waals surface area contributed by atoms with Crippen LogP contribution in [-0.4, -0.2) is 57.6 Å². The quantitative estimate of drug-likeness (QED) is 0.411. The Balaban J connectivity index is 1.53. The number of carbonyl (C=O) groups excluding carboxylic acids is 1. The van der Waals surface area contributed by atoms with Crippen LogP contribution in [0.25, 0.3) is 21.1 Å². The van der Waals surface area contributed by atoms with Crippen LogP contribution in [0.5, 0.6) is 5.75 Å². The van der Waals surface area contributed by atoms with Crippen molar-refractivity contribution >= 4 is 61.5 Å². The average Bonchev–Trinajstić information content (AvgIpc) is 3.40. The minimum Gasteiger partial charge on any atom is -0.490 e. The van der Waals surface area contributed by atoms with Gasteiger partial charge in [-0.25, -0.2) is 9.97 Å². The third-order valence-electron chi connectivity index (χ3n) is 5.76. The van der Waals surface area contributed by atoms with E-state index in [2.05, 4.69) is 25.5 Å². The molecule has 0 fully saturated rings. The number of aromatic amines is 1. The molecule has 0 radical (unpaired) electrons. The summed E-state index contributed by atoms with van der Waals surface area (Å²) in [5.74, 6) is 2.02. The highest BCUT2D eigenvalue weighted by Crippen LogP contribution is 2.41. The number of benzene rings is 1. The highest BCUT2D eigenvalue weighted by atomic mass is 35.5. The number of rotatable bonds is 6. The molecule has 1 aromatic carbocycles. The molecule has 4 aromatic rings. The molecule has 0 spiro atoms. The zero-order valence-electron chi connectivity index (χ0n) is 17.8. The van der Waals surface area contributed by atoms with Crippen LogP contribution in [0.4, 0.5) is 11.5 Å². The van der Waals surface area contributed by atoms with E-state index in [9.17, 15) is 4.79 Å². The normalized spacial score (nSPS) is 15.7. The van der Waals surface area contributed by atoms with Gasteiger partial charge in [0, 0.05) is 36.3 Å². The molecule has 10 heteroatoms. The molecule has 0 saturated heterocycles. The number of thiophene rings is 1. The molecule has 5 rings (SSSR count). The number of alkyl halides is 1. The number of fused-ring (bicyclic) bond motifs is 4. The van der Waals surface area contributed by atoms with E-state index in [1.165, 1.54) is 10.4 Å². The van der Waals surface area contributed by atoms with Crippen molar-refractivity contribution in [3.8, 4) is 5.75 Å². The van der Waals surface area contributed by atoms with E-state index in [1.807, 2.05) is 26.2 Å². The van der Waals surface area contributed by atoms with Gasteiger partial charge < -0.3 is 15.0 Å². The van der Waals surface area contributed by atoms with E-state index in [1.54, 1.807) is 28.8 Å². The second-order valence-electron chi connectivity index (χ2n) is 8.05. The minimum atomic E-state index is 0.0222. The number of aromatic nitrogens is 4. The number of aryl methyl sites for hydroxylation is 1. The molecule has 0 bridgehead atoms. The lowest BCUT2D eigenvalue weighted by Gasteiger charge is -2.24. The molecule has 0 saturated carbocycles. The van der Waals surface area contributed by atoms with Gasteiger partial charge in [-0.3, -0.25) is 9.89 Å². The number of anilines is 2. The standard InChI is InChI=1S/C22H23ClN6O2S/c1-29(2)22(30)12-3-4-14-18(8-12)32-21-19(14)20(24-11-25-21)27-16-7-13-10-26-28-15(13)9-17(16)31-6-5-23/h7,9-12H,3-6,8H2,1-2H3,(H,26,28)(H,24,25,27). The smallest absolute Gasteiger partial charge is 0.225 e. The number of nitrogens with zero attached hydrogens (tertiary/aromatic N) is 4. The summed E-state index contributed by atoms with van der Waals surface area (Å²) in [7, 11) is 3.63. The third kappa shape index (κ3) is 3.75. The highest BCUT2D eigenvalue weighted by molar-refractivity contribution is 7.19. The topological polar surface area (TPSA) is 96.0 Å². The first kappa shape index (κ1) is 21.0. The van der Waals surface area contributed by atoms with Crippen LogP contribution in [-0.2, 0) is 17.6 Å². The molecule has 1 aliphatic carbocycles. The van der Waals surface area contributed by atoms with Crippen LogP contribution in [0.2, 0.25) is 0 Å². The molecule has 1 aliphatic rings. The van der Waals surface area contributed by atoms with Gasteiger partial charge in [-0.05, 0) is 30.9 Å². The summed E-state index contributed by atoms with van der Waals surface area (Å²) in [4.78, 5) is 25.4. The van der Waals surface area contributed by atoms with Crippen molar-refractivity contribution in [1.82, 2.24) is 25.1 Å². The molecular weight excluding hydrogens is 448 g/mol. The second kappa shape index (κ2) is 8.55. The maximum absolute atomic E-state index is 12.5. The maximum atomic E-state index is 12.5. The number of hydrogen-bond donors (Lipinski definition) is 2. The van der Waals surface area contributed by atoms with Gasteiger partial charge in [0.05, 0.1) is 28.7 Å². The van der Waals surface area contributed by atoms with Gasteiger partial charge in [-0.2, -0.15) is 5.10 Å². The van der Waals surface area contributed by atoms with E-state index >= 15 is 0 Å². The summed E-state index contributed by atoms with van der Waals surface area (Å²) in [5, 5.41) is 12.5. The molecular formula is C22H23ClN6O2S. The maximum Gasteiger partial charge on any atom is 0.225 e. The van der Waals surface area contributed by atoms with Crippen LogP contribution >= 0.6 is 22.9 Å². The fraction of sp³-hybridized carbons (Fsp3) is 0.364. The van der Waals surface area contributed by atoms with Crippen LogP contribution < -0.4 is 10.1 Å². The largest absolute Gasteiger partial charge is 0.490 e. The Bertz CT molecular complexity index is 1300. The van der Waals surface area contributed by atoms with Gasteiger partial charge in [-0.15, -0.1) is 22.9 Å². The van der Waals surface area contributed by atoms with Gasteiger partial charge in [0.1, 0.15) is 29.3 Å². The van der Waals surface area contributed by atoms with E-state index in [0.717, 1.165) is 51.9 Å². The number of ether oxygens (including phenoxy) is 1. The second-order valence-corrected chi connectivity index (χ2v) is 9.51. The van der Waals surface area contributed by atoms with E-state index in [0.29, 0.717) is 18.2 Å².